The van der Waals surface area contributed by atoms with Crippen molar-refractivity contribution in [2.45, 2.75) is 32.6 Å². The first-order chi connectivity index (χ1) is 17.8. The summed E-state index contributed by atoms with van der Waals surface area (Å²) in [4.78, 5) is 52.5. The lowest BCUT2D eigenvalue weighted by Gasteiger charge is -2.14. The minimum Gasteiger partial charge on any atom is -0.477 e. The van der Waals surface area contributed by atoms with Crippen LogP contribution in [0.25, 0.3) is 10.8 Å². The molecule has 2 N–H and O–H groups in total. The molecule has 214 valence electrons. The highest BCUT2D eigenvalue weighted by molar-refractivity contribution is 6.22. The summed E-state index contributed by atoms with van der Waals surface area (Å²) in [5.74, 6) is -1.75. The van der Waals surface area contributed by atoms with Crippen LogP contribution in [-0.2, 0) is 19.1 Å². The maximum atomic E-state index is 12.2. The van der Waals surface area contributed by atoms with Gasteiger partial charge in [0.1, 0.15) is 23.9 Å². The summed E-state index contributed by atoms with van der Waals surface area (Å²) < 4.78 is 20.9. The van der Waals surface area contributed by atoms with Crippen LogP contribution < -0.4 is 9.47 Å². The highest BCUT2D eigenvalue weighted by Crippen LogP contribution is 2.36. The molecule has 2 aromatic carbocycles. The van der Waals surface area contributed by atoms with Gasteiger partial charge in [-0.15, -0.1) is 24.8 Å². The Bertz CT molecular complexity index is 1170. The lowest BCUT2D eigenvalue weighted by Crippen LogP contribution is -2.14. The van der Waals surface area contributed by atoms with E-state index < -0.39 is 24.2 Å². The molecule has 0 atom stereocenters. The smallest absolute Gasteiger partial charge is 0.477 e. The van der Waals surface area contributed by atoms with Crippen molar-refractivity contribution in [3.63, 3.8) is 0 Å². The molecule has 0 unspecified atom stereocenters. The number of carboxylic acids is 2. The number of carbonyl (C=O) groups is 4. The molecule has 0 saturated carbocycles. The number of nitrogens with zero attached hydrogens (tertiary/aromatic N) is 2. The number of benzene rings is 2. The van der Waals surface area contributed by atoms with E-state index >= 15 is 0 Å². The number of ether oxygens (including phenoxy) is 4. The van der Waals surface area contributed by atoms with Crippen molar-refractivity contribution in [2.24, 2.45) is 9.98 Å². The normalized spacial score (nSPS) is 10.5. The fraction of sp³-hybridized carbons (Fsp3) is 0.360. The molecule has 0 aliphatic heterocycles. The summed E-state index contributed by atoms with van der Waals surface area (Å²) in [6.07, 6.45) is 1.88. The molecule has 0 bridgehead atoms. The molecule has 0 fully saturated rings. The van der Waals surface area contributed by atoms with Gasteiger partial charge in [0.25, 0.3) is 0 Å². The molecule has 2 aromatic rings. The molecule has 0 radical (unpaired) electrons. The zero-order chi connectivity index (χ0) is 27.0. The second kappa shape index (κ2) is 19.2. The number of carboxylic acid groups (broad SMARTS) is 2. The lowest BCUT2D eigenvalue weighted by molar-refractivity contribution is -0.129. The van der Waals surface area contributed by atoms with E-state index in [0.29, 0.717) is 55.1 Å². The first-order valence-electron chi connectivity index (χ1n) is 11.4. The highest BCUT2D eigenvalue weighted by Gasteiger charge is 2.18. The van der Waals surface area contributed by atoms with Crippen molar-refractivity contribution < 1.29 is 48.3 Å². The Morgan fingerprint density at radius 1 is 0.769 bits per heavy atom. The number of fused-ring (bicyclic) bond motifs is 1. The number of aliphatic carboxylic acids is 2. The Morgan fingerprint density at radius 2 is 1.26 bits per heavy atom. The Morgan fingerprint density at radius 3 is 1.77 bits per heavy atom. The molecule has 0 saturated heterocycles. The predicted molar refractivity (Wildman–Crippen MR) is 148 cm³/mol. The van der Waals surface area contributed by atoms with Gasteiger partial charge in [-0.25, -0.2) is 19.2 Å². The second-order valence-corrected chi connectivity index (χ2v) is 7.63. The van der Waals surface area contributed by atoms with Crippen molar-refractivity contribution in [1.29, 1.82) is 0 Å². The van der Waals surface area contributed by atoms with Gasteiger partial charge in [0.15, 0.2) is 0 Å². The number of aryl methyl sites for hydroxylation is 1. The topological polar surface area (TPSA) is 170 Å². The van der Waals surface area contributed by atoms with Crippen LogP contribution in [0, 0.1) is 6.92 Å². The van der Waals surface area contributed by atoms with Crippen LogP contribution in [0.3, 0.4) is 0 Å². The monoisotopic (exact) mass is 588 g/mol. The quantitative estimate of drug-likeness (QED) is 0.134. The molecule has 0 amide bonds. The van der Waals surface area contributed by atoms with Crippen LogP contribution in [-0.4, -0.2) is 73.2 Å². The number of hydrogen-bond acceptors (Lipinski definition) is 10. The fourth-order valence-electron chi connectivity index (χ4n) is 3.11. The van der Waals surface area contributed by atoms with Crippen molar-refractivity contribution in [3.8, 4) is 11.5 Å². The van der Waals surface area contributed by atoms with Gasteiger partial charge in [-0.1, -0.05) is 24.3 Å². The molecule has 0 heterocycles. The number of rotatable bonds is 14. The zero-order valence-electron chi connectivity index (χ0n) is 21.1. The summed E-state index contributed by atoms with van der Waals surface area (Å²) in [7, 11) is 0. The van der Waals surface area contributed by atoms with E-state index in [1.807, 2.05) is 0 Å². The van der Waals surface area contributed by atoms with Gasteiger partial charge in [-0.3, -0.25) is 9.98 Å². The molecule has 0 aliphatic carbocycles. The van der Waals surface area contributed by atoms with Gasteiger partial charge in [0.05, 0.1) is 13.2 Å². The molecule has 0 aromatic heterocycles. The summed E-state index contributed by atoms with van der Waals surface area (Å²) in [5, 5.41) is 18.0. The van der Waals surface area contributed by atoms with Crippen LogP contribution in [0.15, 0.2) is 40.3 Å². The van der Waals surface area contributed by atoms with Crippen molar-refractivity contribution in [1.82, 2.24) is 0 Å². The average molecular weight is 589 g/mol. The maximum absolute atomic E-state index is 12.2. The van der Waals surface area contributed by atoms with Crippen molar-refractivity contribution in [2.75, 3.05) is 26.3 Å². The molecular weight excluding hydrogens is 559 g/mol. The summed E-state index contributed by atoms with van der Waals surface area (Å²) in [5.41, 5.74) is 0.526. The minimum atomic E-state index is -1.12. The Balaban J connectivity index is 0.00000722. The van der Waals surface area contributed by atoms with Crippen molar-refractivity contribution >= 4 is 72.3 Å². The van der Waals surface area contributed by atoms with Crippen LogP contribution in [0.5, 0.6) is 11.5 Å². The second-order valence-electron chi connectivity index (χ2n) is 7.63. The van der Waals surface area contributed by atoms with Gasteiger partial charge >= 0.3 is 24.2 Å². The molecule has 14 heteroatoms. The van der Waals surface area contributed by atoms with E-state index in [-0.39, 0.29) is 49.5 Å². The first kappa shape index (κ1) is 35.1. The molecule has 0 aliphatic rings. The standard InChI is InChI=1S/C25H28N2O10.2ClH/c1-17-14-20(36-24(32)34-12-6-4-10-26-15-21(28)29)18-8-2-3-9-19(18)23(17)37-25(33)35-13-7-5-11-27-16-22(30)31;;/h2-3,8-9,14-16H,4-7,10-13H2,1H3,(H,28,29)(H,30,31);2*1H. The highest BCUT2D eigenvalue weighted by atomic mass is 35.5. The maximum Gasteiger partial charge on any atom is 0.513 e. The fourth-order valence-corrected chi connectivity index (χ4v) is 3.11. The number of hydrogen-bond donors (Lipinski definition) is 2. The number of carbonyl (C=O) groups excluding carboxylic acids is 2. The summed E-state index contributed by atoms with van der Waals surface area (Å²) >= 11 is 0. The van der Waals surface area contributed by atoms with Crippen LogP contribution in [0.2, 0.25) is 0 Å². The number of halogens is 2. The predicted octanol–water partition coefficient (Wildman–Crippen LogP) is 4.89. The van der Waals surface area contributed by atoms with Crippen LogP contribution in [0.4, 0.5) is 9.59 Å². The lowest BCUT2D eigenvalue weighted by atomic mass is 10.0. The molecule has 12 nitrogen and oxygen atoms in total. The average Bonchev–Trinajstić information content (AvgIpc) is 2.84. The summed E-state index contributed by atoms with van der Waals surface area (Å²) in [6, 6.07) is 8.44. The van der Waals surface area contributed by atoms with Gasteiger partial charge in [-0.05, 0) is 44.2 Å². The van der Waals surface area contributed by atoms with Crippen LogP contribution in [0.1, 0.15) is 31.2 Å². The van der Waals surface area contributed by atoms with Gasteiger partial charge in [0.2, 0.25) is 0 Å². The number of aliphatic imine (C=N–C) groups is 2. The minimum absolute atomic E-state index is 0. The van der Waals surface area contributed by atoms with E-state index in [2.05, 4.69) is 9.98 Å². The van der Waals surface area contributed by atoms with E-state index in [0.717, 1.165) is 12.4 Å². The van der Waals surface area contributed by atoms with E-state index in [1.54, 1.807) is 37.3 Å². The third-order valence-electron chi connectivity index (χ3n) is 4.73. The summed E-state index contributed by atoms with van der Waals surface area (Å²) in [6.45, 7) is 2.46. The Hall–Kier alpha value is -3.90. The first-order valence-corrected chi connectivity index (χ1v) is 11.4. The number of unbranched alkanes of at least 4 members (excludes halogenated alkanes) is 2. The molecular formula is C25H30Cl2N2O10. The van der Waals surface area contributed by atoms with E-state index in [1.165, 1.54) is 0 Å². The van der Waals surface area contributed by atoms with Gasteiger partial charge in [0, 0.05) is 23.9 Å². The zero-order valence-corrected chi connectivity index (χ0v) is 22.7. The largest absolute Gasteiger partial charge is 0.513 e. The van der Waals surface area contributed by atoms with E-state index in [4.69, 9.17) is 29.2 Å². The Kier molecular flexibility index (Phi) is 17.3. The van der Waals surface area contributed by atoms with E-state index in [9.17, 15) is 19.2 Å². The van der Waals surface area contributed by atoms with Crippen LogP contribution >= 0.6 is 24.8 Å². The van der Waals surface area contributed by atoms with Crippen molar-refractivity contribution in [3.05, 3.63) is 35.9 Å². The third-order valence-corrected chi connectivity index (χ3v) is 4.73. The molecule has 39 heavy (non-hydrogen) atoms. The molecule has 2 rings (SSSR count). The molecule has 0 spiro atoms. The van der Waals surface area contributed by atoms with Gasteiger partial charge < -0.3 is 29.2 Å². The SMILES string of the molecule is Cc1cc(OC(=O)OCCCCN=CC(=O)O)c2ccccc2c1OC(=O)OCCCCN=CC(=O)O.Cl.Cl. The van der Waals surface area contributed by atoms with Gasteiger partial charge in [-0.2, -0.15) is 0 Å². The Labute approximate surface area is 236 Å². The third kappa shape index (κ3) is 13.5.